The lowest BCUT2D eigenvalue weighted by Gasteiger charge is -2.18. The van der Waals surface area contributed by atoms with E-state index in [-0.39, 0.29) is 11.9 Å². The first-order chi connectivity index (χ1) is 9.11. The summed E-state index contributed by atoms with van der Waals surface area (Å²) in [4.78, 5) is 0. The van der Waals surface area contributed by atoms with E-state index in [4.69, 9.17) is 11.6 Å². The summed E-state index contributed by atoms with van der Waals surface area (Å²) in [6.45, 7) is 1.97. The Morgan fingerprint density at radius 2 is 1.95 bits per heavy atom. The molecule has 0 aromatic heterocycles. The molecule has 0 radical (unpaired) electrons. The molecule has 0 aliphatic rings. The SMILES string of the molecule is CNC(Cc1ccccc1F)c1ccc(Cl)c(C)c1. The van der Waals surface area contributed by atoms with E-state index in [1.807, 2.05) is 44.3 Å². The van der Waals surface area contributed by atoms with Crippen LogP contribution in [0.2, 0.25) is 5.02 Å². The number of nitrogens with one attached hydrogen (secondary N) is 1. The average Bonchev–Trinajstić information content (AvgIpc) is 2.41. The van der Waals surface area contributed by atoms with E-state index < -0.39 is 0 Å². The molecule has 2 rings (SSSR count). The molecule has 2 aromatic rings. The highest BCUT2D eigenvalue weighted by Gasteiger charge is 2.13. The lowest BCUT2D eigenvalue weighted by atomic mass is 9.97. The Balaban J connectivity index is 2.25. The van der Waals surface area contributed by atoms with Crippen LogP contribution < -0.4 is 5.32 Å². The lowest BCUT2D eigenvalue weighted by Crippen LogP contribution is -2.19. The molecule has 19 heavy (non-hydrogen) atoms. The van der Waals surface area contributed by atoms with E-state index in [0.717, 1.165) is 21.7 Å². The fourth-order valence-electron chi connectivity index (χ4n) is 2.16. The van der Waals surface area contributed by atoms with Crippen LogP contribution in [0.3, 0.4) is 0 Å². The van der Waals surface area contributed by atoms with Gasteiger partial charge >= 0.3 is 0 Å². The van der Waals surface area contributed by atoms with Crippen molar-refractivity contribution in [3.63, 3.8) is 0 Å². The highest BCUT2D eigenvalue weighted by molar-refractivity contribution is 6.31. The lowest BCUT2D eigenvalue weighted by molar-refractivity contribution is 0.554. The molecule has 0 fully saturated rings. The van der Waals surface area contributed by atoms with E-state index in [2.05, 4.69) is 5.32 Å². The zero-order valence-electron chi connectivity index (χ0n) is 11.1. The summed E-state index contributed by atoms with van der Waals surface area (Å²) < 4.78 is 13.7. The van der Waals surface area contributed by atoms with E-state index in [1.54, 1.807) is 6.07 Å². The topological polar surface area (TPSA) is 12.0 Å². The first-order valence-electron chi connectivity index (χ1n) is 6.28. The van der Waals surface area contributed by atoms with E-state index in [1.165, 1.54) is 6.07 Å². The molecular formula is C16H17ClFN. The number of rotatable bonds is 4. The zero-order valence-corrected chi connectivity index (χ0v) is 11.8. The molecule has 0 amide bonds. The van der Waals surface area contributed by atoms with Gasteiger partial charge in [0.05, 0.1) is 0 Å². The summed E-state index contributed by atoms with van der Waals surface area (Å²) in [5.41, 5.74) is 2.87. The maximum atomic E-state index is 13.7. The van der Waals surface area contributed by atoms with Crippen molar-refractivity contribution in [3.05, 3.63) is 70.0 Å². The van der Waals surface area contributed by atoms with Gasteiger partial charge in [-0.3, -0.25) is 0 Å². The van der Waals surface area contributed by atoms with Crippen LogP contribution in [0.1, 0.15) is 22.7 Å². The van der Waals surface area contributed by atoms with Gasteiger partial charge in [0.25, 0.3) is 0 Å². The second kappa shape index (κ2) is 6.18. The molecule has 0 aliphatic carbocycles. The van der Waals surface area contributed by atoms with Crippen LogP contribution in [-0.2, 0) is 6.42 Å². The number of halogens is 2. The Bertz CT molecular complexity index is 568. The van der Waals surface area contributed by atoms with Gasteiger partial charge in [-0.1, -0.05) is 41.9 Å². The largest absolute Gasteiger partial charge is 0.313 e. The molecule has 1 unspecified atom stereocenters. The van der Waals surface area contributed by atoms with Gasteiger partial charge in [-0.15, -0.1) is 0 Å². The second-order valence-electron chi connectivity index (χ2n) is 4.65. The third kappa shape index (κ3) is 3.34. The van der Waals surface area contributed by atoms with Gasteiger partial charge in [0.15, 0.2) is 0 Å². The predicted octanol–water partition coefficient (Wildman–Crippen LogP) is 4.29. The third-order valence-corrected chi connectivity index (χ3v) is 3.74. The van der Waals surface area contributed by atoms with Gasteiger partial charge in [0.2, 0.25) is 0 Å². The minimum Gasteiger partial charge on any atom is -0.313 e. The summed E-state index contributed by atoms with van der Waals surface area (Å²) in [5, 5.41) is 3.99. The van der Waals surface area contributed by atoms with Crippen molar-refractivity contribution in [3.8, 4) is 0 Å². The van der Waals surface area contributed by atoms with Crippen LogP contribution in [-0.4, -0.2) is 7.05 Å². The fraction of sp³-hybridized carbons (Fsp3) is 0.250. The number of benzene rings is 2. The molecule has 100 valence electrons. The second-order valence-corrected chi connectivity index (χ2v) is 5.05. The van der Waals surface area contributed by atoms with Gasteiger partial charge in [0.1, 0.15) is 5.82 Å². The average molecular weight is 278 g/mol. The normalized spacial score (nSPS) is 12.4. The van der Waals surface area contributed by atoms with E-state index >= 15 is 0 Å². The molecule has 3 heteroatoms. The quantitative estimate of drug-likeness (QED) is 0.879. The first kappa shape index (κ1) is 14.0. The van der Waals surface area contributed by atoms with Gasteiger partial charge < -0.3 is 5.32 Å². The number of aryl methyl sites for hydroxylation is 1. The molecule has 0 aliphatic heterocycles. The van der Waals surface area contributed by atoms with Gasteiger partial charge in [-0.2, -0.15) is 0 Å². The Morgan fingerprint density at radius 1 is 1.21 bits per heavy atom. The summed E-state index contributed by atoms with van der Waals surface area (Å²) in [5.74, 6) is -0.159. The van der Waals surface area contributed by atoms with Crippen LogP contribution in [0.5, 0.6) is 0 Å². The van der Waals surface area contributed by atoms with Crippen LogP contribution in [0.25, 0.3) is 0 Å². The molecule has 0 heterocycles. The Hall–Kier alpha value is -1.38. The van der Waals surface area contributed by atoms with Crippen molar-refractivity contribution in [1.29, 1.82) is 0 Å². The van der Waals surface area contributed by atoms with Crippen LogP contribution in [0.4, 0.5) is 4.39 Å². The predicted molar refractivity (Wildman–Crippen MR) is 78.1 cm³/mol. The summed E-state index contributed by atoms with van der Waals surface area (Å²) in [7, 11) is 1.88. The smallest absolute Gasteiger partial charge is 0.126 e. The maximum absolute atomic E-state index is 13.7. The maximum Gasteiger partial charge on any atom is 0.126 e. The van der Waals surface area contributed by atoms with Crippen molar-refractivity contribution >= 4 is 11.6 Å². The van der Waals surface area contributed by atoms with Crippen molar-refractivity contribution in [1.82, 2.24) is 5.32 Å². The Kier molecular flexibility index (Phi) is 4.56. The van der Waals surface area contributed by atoms with Crippen molar-refractivity contribution in [2.45, 2.75) is 19.4 Å². The Labute approximate surface area is 118 Å². The summed E-state index contributed by atoms with van der Waals surface area (Å²) >= 11 is 6.03. The highest BCUT2D eigenvalue weighted by Crippen LogP contribution is 2.24. The minimum atomic E-state index is -0.159. The molecule has 2 aromatic carbocycles. The van der Waals surface area contributed by atoms with Gasteiger partial charge in [-0.05, 0) is 49.2 Å². The summed E-state index contributed by atoms with van der Waals surface area (Å²) in [6, 6.07) is 12.9. The molecule has 1 nitrogen and oxygen atoms in total. The number of hydrogen-bond acceptors (Lipinski definition) is 1. The molecule has 1 atom stereocenters. The first-order valence-corrected chi connectivity index (χ1v) is 6.66. The molecule has 1 N–H and O–H groups in total. The molecule has 0 bridgehead atoms. The summed E-state index contributed by atoms with van der Waals surface area (Å²) in [6.07, 6.45) is 0.615. The Morgan fingerprint density at radius 3 is 2.58 bits per heavy atom. The van der Waals surface area contributed by atoms with Crippen molar-refractivity contribution in [2.75, 3.05) is 7.05 Å². The molecule has 0 saturated carbocycles. The molecule has 0 saturated heterocycles. The minimum absolute atomic E-state index is 0.0767. The molecule has 0 spiro atoms. The van der Waals surface area contributed by atoms with Crippen LogP contribution >= 0.6 is 11.6 Å². The van der Waals surface area contributed by atoms with Gasteiger partial charge in [0, 0.05) is 11.1 Å². The van der Waals surface area contributed by atoms with Crippen molar-refractivity contribution in [2.24, 2.45) is 0 Å². The van der Waals surface area contributed by atoms with E-state index in [9.17, 15) is 4.39 Å². The highest BCUT2D eigenvalue weighted by atomic mass is 35.5. The standard InChI is InChI=1S/C16H17ClFN/c1-11-9-13(7-8-14(11)17)16(19-2)10-12-5-3-4-6-15(12)18/h3-9,16,19H,10H2,1-2H3. The number of hydrogen-bond donors (Lipinski definition) is 1. The van der Waals surface area contributed by atoms with Gasteiger partial charge in [-0.25, -0.2) is 4.39 Å². The monoisotopic (exact) mass is 277 g/mol. The van der Waals surface area contributed by atoms with Crippen molar-refractivity contribution < 1.29 is 4.39 Å². The third-order valence-electron chi connectivity index (χ3n) is 3.31. The zero-order chi connectivity index (χ0) is 13.8. The fourth-order valence-corrected chi connectivity index (χ4v) is 2.27. The number of likely N-dealkylation sites (N-methyl/N-ethyl adjacent to an activating group) is 1. The van der Waals surface area contributed by atoms with Crippen LogP contribution in [0, 0.1) is 12.7 Å². The van der Waals surface area contributed by atoms with E-state index in [0.29, 0.717) is 6.42 Å². The molecular weight excluding hydrogens is 261 g/mol. The van der Waals surface area contributed by atoms with Crippen LogP contribution in [0.15, 0.2) is 42.5 Å².